The zero-order valence-electron chi connectivity index (χ0n) is 31.7. The van der Waals surface area contributed by atoms with E-state index in [1.165, 1.54) is 0 Å². The number of hydroxylamine groups is 2. The first-order chi connectivity index (χ1) is 28.5. The lowest BCUT2D eigenvalue weighted by atomic mass is 10.0. The Morgan fingerprint density at radius 1 is 0.661 bits per heavy atom. The van der Waals surface area contributed by atoms with Crippen molar-refractivity contribution >= 4 is 58.9 Å². The van der Waals surface area contributed by atoms with Gasteiger partial charge in [-0.25, -0.2) is 4.79 Å². The largest absolute Gasteiger partial charge is 0.358 e. The summed E-state index contributed by atoms with van der Waals surface area (Å²) in [5.74, 6) is 0.233. The molecule has 59 heavy (non-hydrogen) atoms. The number of carbonyl (C=O) groups is 9. The number of amides is 8. The minimum absolute atomic E-state index is 0.0406. The summed E-state index contributed by atoms with van der Waals surface area (Å²) in [5, 5.41) is 12.4. The number of para-hydroxylation sites is 1. The number of hydrogen-bond acceptors (Lipinski definition) is 11. The van der Waals surface area contributed by atoms with Gasteiger partial charge in [-0.2, -0.15) is 0 Å². The topological polar surface area (TPSA) is 239 Å². The van der Waals surface area contributed by atoms with E-state index < -0.39 is 86.3 Å². The Kier molecular flexibility index (Phi) is 15.4. The van der Waals surface area contributed by atoms with E-state index >= 15 is 0 Å². The van der Waals surface area contributed by atoms with E-state index in [2.05, 4.69) is 43.3 Å². The molecule has 0 radical (unpaired) electrons. The number of ether oxygens (including phenoxy) is 1. The maximum Gasteiger partial charge on any atom is 0.358 e. The Hall–Kier alpha value is -7.39. The molecule has 1 fully saturated rings. The summed E-state index contributed by atoms with van der Waals surface area (Å²) < 4.78 is 4.98. The van der Waals surface area contributed by atoms with Gasteiger partial charge in [0.05, 0.1) is 31.9 Å². The van der Waals surface area contributed by atoms with Gasteiger partial charge in [0.25, 0.3) is 11.8 Å². The predicted molar refractivity (Wildman–Crippen MR) is 207 cm³/mol. The van der Waals surface area contributed by atoms with Crippen LogP contribution in [0.5, 0.6) is 0 Å². The van der Waals surface area contributed by atoms with Crippen LogP contribution in [-0.4, -0.2) is 97.3 Å². The molecule has 8 amide bonds. The van der Waals surface area contributed by atoms with Crippen LogP contribution in [0.25, 0.3) is 0 Å². The first-order valence-electron chi connectivity index (χ1n) is 18.5. The average molecular weight is 808 g/mol. The Morgan fingerprint density at radius 3 is 2.03 bits per heavy atom. The highest BCUT2D eigenvalue weighted by Crippen LogP contribution is 2.26. The van der Waals surface area contributed by atoms with Gasteiger partial charge >= 0.3 is 5.97 Å². The second-order valence-electron chi connectivity index (χ2n) is 13.1. The Labute approximate surface area is 338 Å². The van der Waals surface area contributed by atoms with Gasteiger partial charge in [-0.15, -0.1) is 5.06 Å². The van der Waals surface area contributed by atoms with Crippen LogP contribution in [0.2, 0.25) is 0 Å². The molecule has 18 nitrogen and oxygen atoms in total. The number of anilines is 1. The molecule has 0 bridgehead atoms. The van der Waals surface area contributed by atoms with Crippen LogP contribution >= 0.6 is 0 Å². The average Bonchev–Trinajstić information content (AvgIpc) is 3.55. The van der Waals surface area contributed by atoms with Gasteiger partial charge in [-0.05, 0) is 29.3 Å². The van der Waals surface area contributed by atoms with Gasteiger partial charge in [-0.3, -0.25) is 38.4 Å². The van der Waals surface area contributed by atoms with Gasteiger partial charge in [0, 0.05) is 43.2 Å². The molecular weight excluding hydrogens is 766 g/mol. The first kappa shape index (κ1) is 42.7. The van der Waals surface area contributed by atoms with Crippen LogP contribution in [-0.2, 0) is 65.7 Å². The number of fused-ring (bicyclic) bond motifs is 2. The molecule has 5 rings (SSSR count). The summed E-state index contributed by atoms with van der Waals surface area (Å²) >= 11 is 0. The molecule has 3 aromatic rings. The van der Waals surface area contributed by atoms with E-state index in [0.717, 1.165) is 11.1 Å². The first-order valence-corrected chi connectivity index (χ1v) is 18.5. The van der Waals surface area contributed by atoms with Crippen molar-refractivity contribution in [2.45, 2.75) is 44.7 Å². The number of nitrogens with zero attached hydrogens (tertiary/aromatic N) is 2. The van der Waals surface area contributed by atoms with Crippen molar-refractivity contribution in [1.29, 1.82) is 0 Å². The fourth-order valence-electron chi connectivity index (χ4n) is 5.78. The molecule has 0 spiro atoms. The lowest BCUT2D eigenvalue weighted by Crippen LogP contribution is -2.52. The maximum absolute atomic E-state index is 13.4. The SMILES string of the molecule is O=C(CCC(=O)N1Cc2ccccc2C#Cc2ccccc21)NCC(=O)NCC(=O)NC(Cc1ccccc1)C(=O)NCC(=O)NCOCC(=O)ON1C(=O)CCC1=O. The molecule has 1 atom stereocenters. The molecule has 5 N–H and O–H groups in total. The smallest absolute Gasteiger partial charge is 0.349 e. The number of hydrogen-bond donors (Lipinski definition) is 5. The predicted octanol–water partition coefficient (Wildman–Crippen LogP) is -0.513. The van der Waals surface area contributed by atoms with Crippen LogP contribution < -0.4 is 31.5 Å². The number of benzene rings is 3. The molecule has 0 aromatic heterocycles. The third-order valence-electron chi connectivity index (χ3n) is 8.78. The summed E-state index contributed by atoms with van der Waals surface area (Å²) in [4.78, 5) is 118. The molecular formula is C41H41N7O11. The molecule has 18 heteroatoms. The number of carbonyl (C=O) groups excluding carboxylic acids is 9. The van der Waals surface area contributed by atoms with E-state index in [0.29, 0.717) is 21.9 Å². The van der Waals surface area contributed by atoms with Gasteiger partial charge < -0.3 is 41.1 Å². The summed E-state index contributed by atoms with van der Waals surface area (Å²) in [5.41, 5.74) is 3.66. The normalized spacial score (nSPS) is 13.2. The fraction of sp³-hybridized carbons (Fsp3) is 0.293. The fourth-order valence-corrected chi connectivity index (χ4v) is 5.78. The maximum atomic E-state index is 13.4. The quantitative estimate of drug-likeness (QED) is 0.0475. The number of rotatable bonds is 18. The van der Waals surface area contributed by atoms with Crippen molar-refractivity contribution in [1.82, 2.24) is 31.6 Å². The molecule has 2 heterocycles. The van der Waals surface area contributed by atoms with Crippen molar-refractivity contribution in [2.24, 2.45) is 0 Å². The molecule has 2 aliphatic heterocycles. The lowest BCUT2D eigenvalue weighted by molar-refractivity contribution is -0.200. The van der Waals surface area contributed by atoms with E-state index in [1.807, 2.05) is 36.4 Å². The molecule has 0 aliphatic carbocycles. The third kappa shape index (κ3) is 13.1. The lowest BCUT2D eigenvalue weighted by Gasteiger charge is -2.26. The molecule has 3 aromatic carbocycles. The summed E-state index contributed by atoms with van der Waals surface area (Å²) in [6.45, 7) is -2.41. The monoisotopic (exact) mass is 807 g/mol. The van der Waals surface area contributed by atoms with Crippen LogP contribution in [0.15, 0.2) is 78.9 Å². The molecule has 1 saturated heterocycles. The summed E-state index contributed by atoms with van der Waals surface area (Å²) in [6, 6.07) is 22.3. The van der Waals surface area contributed by atoms with Crippen LogP contribution in [0.4, 0.5) is 5.69 Å². The second-order valence-corrected chi connectivity index (χ2v) is 13.1. The van der Waals surface area contributed by atoms with Crippen LogP contribution in [0, 0.1) is 11.8 Å². The van der Waals surface area contributed by atoms with E-state index in [9.17, 15) is 43.2 Å². The minimum Gasteiger partial charge on any atom is -0.349 e. The zero-order chi connectivity index (χ0) is 42.1. The standard InChI is InChI=1S/C41H41N7O11/c49-33(16-17-37(53)47-24-30-12-5-4-10-28(30)14-15-29-11-6-7-13-32(29)47)42-21-34(50)43-23-36(52)46-31(20-27-8-2-1-3-9-27)41(57)44-22-35(51)45-26-58-25-40(56)59-48-38(54)18-19-39(48)55/h1-13,31H,16-26H2,(H,42,49)(H,43,50)(H,44,57)(H,45,51)(H,46,52). The van der Waals surface area contributed by atoms with E-state index in [1.54, 1.807) is 47.4 Å². The van der Waals surface area contributed by atoms with Crippen LogP contribution in [0.3, 0.4) is 0 Å². The van der Waals surface area contributed by atoms with Crippen molar-refractivity contribution in [3.8, 4) is 11.8 Å². The molecule has 306 valence electrons. The molecule has 1 unspecified atom stereocenters. The van der Waals surface area contributed by atoms with Gasteiger partial charge in [0.1, 0.15) is 19.4 Å². The van der Waals surface area contributed by atoms with Crippen molar-refractivity contribution in [3.63, 3.8) is 0 Å². The van der Waals surface area contributed by atoms with Crippen molar-refractivity contribution in [2.75, 3.05) is 37.9 Å². The Balaban J connectivity index is 1.02. The number of nitrogens with one attached hydrogen (secondary N) is 5. The van der Waals surface area contributed by atoms with Crippen LogP contribution in [0.1, 0.15) is 47.9 Å². The third-order valence-corrected chi connectivity index (χ3v) is 8.78. The van der Waals surface area contributed by atoms with E-state index in [4.69, 9.17) is 4.74 Å². The second kappa shape index (κ2) is 21.2. The van der Waals surface area contributed by atoms with E-state index in [-0.39, 0.29) is 44.6 Å². The molecule has 0 saturated carbocycles. The van der Waals surface area contributed by atoms with Crippen molar-refractivity contribution < 1.29 is 52.7 Å². The minimum atomic E-state index is -1.16. The van der Waals surface area contributed by atoms with Crippen molar-refractivity contribution in [3.05, 3.63) is 101 Å². The summed E-state index contributed by atoms with van der Waals surface area (Å²) in [6.07, 6.45) is -0.430. The van der Waals surface area contributed by atoms with Gasteiger partial charge in [0.15, 0.2) is 0 Å². The highest BCUT2D eigenvalue weighted by atomic mass is 16.7. The highest BCUT2D eigenvalue weighted by Gasteiger charge is 2.33. The molecule has 2 aliphatic rings. The zero-order valence-corrected chi connectivity index (χ0v) is 31.7. The van der Waals surface area contributed by atoms with Gasteiger partial charge in [-0.1, -0.05) is 72.5 Å². The summed E-state index contributed by atoms with van der Waals surface area (Å²) in [7, 11) is 0. The Bertz CT molecular complexity index is 2150. The van der Waals surface area contributed by atoms with Gasteiger partial charge in [0.2, 0.25) is 35.4 Å². The Morgan fingerprint density at radius 2 is 1.27 bits per heavy atom. The number of imide groups is 1. The highest BCUT2D eigenvalue weighted by molar-refractivity contribution is 6.01.